The zero-order valence-corrected chi connectivity index (χ0v) is 14.3. The average molecular weight is 366 g/mol. The van der Waals surface area contributed by atoms with Gasteiger partial charge in [-0.25, -0.2) is 4.79 Å². The van der Waals surface area contributed by atoms with Crippen LogP contribution in [0.15, 0.2) is 0 Å². The van der Waals surface area contributed by atoms with Crippen molar-refractivity contribution in [2.45, 2.75) is 62.9 Å². The largest absolute Gasteiger partial charge is 0.466 e. The number of hydrogen-bond acceptors (Lipinski definition) is 5. The second kappa shape index (κ2) is 8.35. The molecule has 0 unspecified atom stereocenters. The van der Waals surface area contributed by atoms with E-state index in [1.807, 2.05) is 5.32 Å². The maximum absolute atomic E-state index is 13.8. The quantitative estimate of drug-likeness (QED) is 0.555. The van der Waals surface area contributed by atoms with E-state index in [9.17, 15) is 22.8 Å². The summed E-state index contributed by atoms with van der Waals surface area (Å²) < 4.78 is 51.1. The Morgan fingerprint density at radius 2 is 1.80 bits per heavy atom. The first-order valence-corrected chi connectivity index (χ1v) is 8.64. The molecule has 9 heteroatoms. The van der Waals surface area contributed by atoms with E-state index in [1.54, 1.807) is 0 Å². The number of nitrogens with one attached hydrogen (secondary N) is 2. The van der Waals surface area contributed by atoms with Gasteiger partial charge in [0, 0.05) is 19.1 Å². The highest BCUT2D eigenvalue weighted by Gasteiger charge is 2.63. The first-order chi connectivity index (χ1) is 11.8. The summed E-state index contributed by atoms with van der Waals surface area (Å²) in [4.78, 5) is 24.4. The Hall–Kier alpha value is -1.35. The summed E-state index contributed by atoms with van der Waals surface area (Å²) in [7, 11) is 0.864. The topological polar surface area (TPSA) is 76.7 Å². The van der Waals surface area contributed by atoms with E-state index >= 15 is 0 Å². The van der Waals surface area contributed by atoms with Gasteiger partial charge < -0.3 is 14.8 Å². The molecule has 0 radical (unpaired) electrons. The molecule has 1 aliphatic heterocycles. The molecule has 2 fully saturated rings. The van der Waals surface area contributed by atoms with Crippen molar-refractivity contribution in [1.82, 2.24) is 10.6 Å². The molecule has 0 bridgehead atoms. The number of methoxy groups -OCH3 is 1. The summed E-state index contributed by atoms with van der Waals surface area (Å²) in [6.07, 6.45) is -0.559. The van der Waals surface area contributed by atoms with E-state index in [0.717, 1.165) is 32.8 Å². The van der Waals surface area contributed by atoms with E-state index in [0.29, 0.717) is 25.9 Å². The maximum atomic E-state index is 13.8. The summed E-state index contributed by atoms with van der Waals surface area (Å²) in [6.45, 7) is 0.261. The maximum Gasteiger partial charge on any atom is 0.436 e. The molecule has 0 aromatic carbocycles. The van der Waals surface area contributed by atoms with Gasteiger partial charge in [-0.05, 0) is 25.7 Å². The number of hydrogen-bond donors (Lipinski definition) is 2. The van der Waals surface area contributed by atoms with E-state index in [4.69, 9.17) is 4.74 Å². The molecule has 2 rings (SSSR count). The fourth-order valence-corrected chi connectivity index (χ4v) is 3.33. The second-order valence-electron chi connectivity index (χ2n) is 6.58. The number of ether oxygens (including phenoxy) is 2. The number of alkyl halides is 3. The lowest BCUT2D eigenvalue weighted by atomic mass is 9.88. The number of carbonyl (C=O) groups excluding carboxylic acids is 2. The van der Waals surface area contributed by atoms with Gasteiger partial charge in [-0.2, -0.15) is 13.2 Å². The molecule has 2 N–H and O–H groups in total. The van der Waals surface area contributed by atoms with Crippen molar-refractivity contribution in [3.05, 3.63) is 0 Å². The van der Waals surface area contributed by atoms with Crippen molar-refractivity contribution < 1.29 is 32.2 Å². The van der Waals surface area contributed by atoms with Crippen LogP contribution in [0, 0.1) is 5.92 Å². The van der Waals surface area contributed by atoms with E-state index < -0.39 is 35.7 Å². The van der Waals surface area contributed by atoms with Crippen LogP contribution in [0.5, 0.6) is 0 Å². The molecule has 2 atom stereocenters. The zero-order valence-electron chi connectivity index (χ0n) is 14.3. The van der Waals surface area contributed by atoms with Crippen LogP contribution in [0.4, 0.5) is 13.2 Å². The number of rotatable bonds is 6. The van der Waals surface area contributed by atoms with Crippen molar-refractivity contribution >= 4 is 11.9 Å². The first kappa shape index (κ1) is 20.0. The van der Waals surface area contributed by atoms with Crippen LogP contribution in [0.2, 0.25) is 0 Å². The molecule has 1 saturated heterocycles. The van der Waals surface area contributed by atoms with E-state index in [-0.39, 0.29) is 6.54 Å². The Morgan fingerprint density at radius 1 is 1.12 bits per heavy atom. The van der Waals surface area contributed by atoms with Crippen LogP contribution in [0.3, 0.4) is 0 Å². The van der Waals surface area contributed by atoms with Gasteiger partial charge in [-0.3, -0.25) is 10.1 Å². The lowest BCUT2D eigenvalue weighted by Gasteiger charge is -2.36. The molecule has 1 saturated carbocycles. The summed E-state index contributed by atoms with van der Waals surface area (Å²) in [5, 5.41) is 4.09. The fraction of sp³-hybridized carbons (Fsp3) is 0.875. The standard InChI is InChI=1S/C16H25F3N2O4/c1-24-14(23)15(16(17,18)19,20-10-12-8-5-9-25-12)21-13(22)11-6-3-2-4-7-11/h11-12,20H,2-10H2,1H3,(H,21,22)/t12-,15+/m0/s1. The van der Waals surface area contributed by atoms with Gasteiger partial charge in [-0.15, -0.1) is 0 Å². The molecule has 1 heterocycles. The Bertz CT molecular complexity index is 474. The third kappa shape index (κ3) is 4.63. The molecular formula is C16H25F3N2O4. The Labute approximate surface area is 144 Å². The lowest BCUT2D eigenvalue weighted by molar-refractivity contribution is -0.221. The number of esters is 1. The van der Waals surface area contributed by atoms with Gasteiger partial charge in [-0.1, -0.05) is 19.3 Å². The Kier molecular flexibility index (Phi) is 6.67. The Morgan fingerprint density at radius 3 is 2.32 bits per heavy atom. The van der Waals surface area contributed by atoms with Crippen molar-refractivity contribution in [3.8, 4) is 0 Å². The molecule has 6 nitrogen and oxygen atoms in total. The van der Waals surface area contributed by atoms with Gasteiger partial charge in [0.1, 0.15) is 0 Å². The van der Waals surface area contributed by atoms with Crippen molar-refractivity contribution in [1.29, 1.82) is 0 Å². The fourth-order valence-electron chi connectivity index (χ4n) is 3.33. The molecule has 0 aromatic heterocycles. The number of carbonyl (C=O) groups is 2. The van der Waals surface area contributed by atoms with Gasteiger partial charge >= 0.3 is 12.1 Å². The first-order valence-electron chi connectivity index (χ1n) is 8.64. The SMILES string of the molecule is COC(=O)[C@@](NC[C@@H]1CCCO1)(NC(=O)C1CCCCC1)C(F)(F)F. The van der Waals surface area contributed by atoms with Gasteiger partial charge in [0.05, 0.1) is 13.2 Å². The molecule has 2 aliphatic rings. The number of halogens is 3. The van der Waals surface area contributed by atoms with Crippen LogP contribution in [-0.2, 0) is 19.1 Å². The summed E-state index contributed by atoms with van der Waals surface area (Å²) in [5.41, 5.74) is -3.26. The Balaban J connectivity index is 2.18. The predicted octanol–water partition coefficient (Wildman–Crippen LogP) is 1.88. The van der Waals surface area contributed by atoms with Crippen molar-refractivity contribution in [2.75, 3.05) is 20.3 Å². The summed E-state index contributed by atoms with van der Waals surface area (Å²) >= 11 is 0. The van der Waals surface area contributed by atoms with Crippen molar-refractivity contribution in [3.63, 3.8) is 0 Å². The average Bonchev–Trinajstić information content (AvgIpc) is 3.11. The molecule has 1 aliphatic carbocycles. The second-order valence-corrected chi connectivity index (χ2v) is 6.58. The predicted molar refractivity (Wildman–Crippen MR) is 82.5 cm³/mol. The van der Waals surface area contributed by atoms with E-state index in [1.165, 1.54) is 0 Å². The van der Waals surface area contributed by atoms with Crippen LogP contribution >= 0.6 is 0 Å². The molecule has 25 heavy (non-hydrogen) atoms. The highest BCUT2D eigenvalue weighted by atomic mass is 19.4. The van der Waals surface area contributed by atoms with Crippen LogP contribution in [0.1, 0.15) is 44.9 Å². The van der Waals surface area contributed by atoms with Gasteiger partial charge in [0.25, 0.3) is 5.66 Å². The lowest BCUT2D eigenvalue weighted by Crippen LogP contribution is -2.73. The van der Waals surface area contributed by atoms with Crippen LogP contribution < -0.4 is 10.6 Å². The third-order valence-corrected chi connectivity index (χ3v) is 4.82. The highest BCUT2D eigenvalue weighted by Crippen LogP contribution is 2.32. The zero-order chi connectivity index (χ0) is 18.5. The monoisotopic (exact) mass is 366 g/mol. The van der Waals surface area contributed by atoms with Gasteiger partial charge in [0.2, 0.25) is 5.91 Å². The van der Waals surface area contributed by atoms with Crippen molar-refractivity contribution in [2.24, 2.45) is 5.92 Å². The molecular weight excluding hydrogens is 341 g/mol. The molecule has 1 amide bonds. The summed E-state index contributed by atoms with van der Waals surface area (Å²) in [5.74, 6) is -2.88. The van der Waals surface area contributed by atoms with Crippen LogP contribution in [-0.4, -0.2) is 50.1 Å². The third-order valence-electron chi connectivity index (χ3n) is 4.82. The van der Waals surface area contributed by atoms with E-state index in [2.05, 4.69) is 10.1 Å². The minimum Gasteiger partial charge on any atom is -0.466 e. The number of amides is 1. The van der Waals surface area contributed by atoms with Crippen LogP contribution in [0.25, 0.3) is 0 Å². The smallest absolute Gasteiger partial charge is 0.436 e. The minimum absolute atomic E-state index is 0.209. The highest BCUT2D eigenvalue weighted by molar-refractivity contribution is 5.89. The molecule has 0 aromatic rings. The normalized spacial score (nSPS) is 24.6. The minimum atomic E-state index is -5.05. The molecule has 0 spiro atoms. The van der Waals surface area contributed by atoms with Gasteiger partial charge in [0.15, 0.2) is 0 Å². The summed E-state index contributed by atoms with van der Waals surface area (Å²) in [6, 6.07) is 0. The molecule has 144 valence electrons.